The molecule has 1 aromatic carbocycles. The minimum absolute atomic E-state index is 0.0289. The van der Waals surface area contributed by atoms with Gasteiger partial charge in [0.15, 0.2) is 0 Å². The molecule has 3 nitrogen and oxygen atoms in total. The number of benzene rings is 1. The molecule has 0 radical (unpaired) electrons. The average Bonchev–Trinajstić information content (AvgIpc) is 2.31. The smallest absolute Gasteiger partial charge is 0.252 e. The van der Waals surface area contributed by atoms with Gasteiger partial charge in [-0.05, 0) is 40.5 Å². The Morgan fingerprint density at radius 1 is 1.56 bits per heavy atom. The molecule has 100 valence electrons. The summed E-state index contributed by atoms with van der Waals surface area (Å²) in [7, 11) is -0.898. The van der Waals surface area contributed by atoms with E-state index in [1.807, 2.05) is 6.92 Å². The van der Waals surface area contributed by atoms with Gasteiger partial charge in [-0.15, -0.1) is 0 Å². The molecule has 0 aliphatic heterocycles. The monoisotopic (exact) mass is 335 g/mol. The van der Waals surface area contributed by atoms with E-state index in [9.17, 15) is 13.4 Å². The van der Waals surface area contributed by atoms with Crippen LogP contribution in [0.5, 0.6) is 0 Å². The van der Waals surface area contributed by atoms with Crippen LogP contribution in [0.3, 0.4) is 0 Å². The van der Waals surface area contributed by atoms with Crippen molar-refractivity contribution in [3.63, 3.8) is 0 Å². The third-order valence-corrected chi connectivity index (χ3v) is 4.64. The van der Waals surface area contributed by atoms with Crippen molar-refractivity contribution in [2.24, 2.45) is 0 Å². The molecular weight excluding hydrogens is 321 g/mol. The predicted molar refractivity (Wildman–Crippen MR) is 74.6 cm³/mol. The highest BCUT2D eigenvalue weighted by molar-refractivity contribution is 9.10. The summed E-state index contributed by atoms with van der Waals surface area (Å²) in [5, 5.41) is 2.71. The van der Waals surface area contributed by atoms with E-state index in [4.69, 9.17) is 0 Å². The van der Waals surface area contributed by atoms with Crippen LogP contribution in [0, 0.1) is 5.82 Å². The van der Waals surface area contributed by atoms with Gasteiger partial charge >= 0.3 is 0 Å². The summed E-state index contributed by atoms with van der Waals surface area (Å²) in [6.07, 6.45) is 2.26. The molecule has 1 aromatic rings. The van der Waals surface area contributed by atoms with Gasteiger partial charge in [0.1, 0.15) is 5.82 Å². The zero-order valence-corrected chi connectivity index (χ0v) is 12.6. The minimum Gasteiger partial charge on any atom is -0.352 e. The third-order valence-electron chi connectivity index (χ3n) is 2.58. The fourth-order valence-corrected chi connectivity index (χ4v) is 2.20. The molecule has 0 saturated heterocycles. The van der Waals surface area contributed by atoms with Gasteiger partial charge in [0.25, 0.3) is 5.91 Å². The number of amides is 1. The molecule has 6 heteroatoms. The van der Waals surface area contributed by atoms with Gasteiger partial charge in [0, 0.05) is 33.3 Å². The van der Waals surface area contributed by atoms with Crippen molar-refractivity contribution >= 4 is 32.6 Å². The second kappa shape index (κ2) is 6.99. The second-order valence-electron chi connectivity index (χ2n) is 3.98. The van der Waals surface area contributed by atoms with Crippen LogP contribution in [-0.2, 0) is 10.8 Å². The first-order chi connectivity index (χ1) is 8.41. The van der Waals surface area contributed by atoms with E-state index < -0.39 is 16.6 Å². The number of nitrogens with one attached hydrogen (secondary N) is 1. The highest BCUT2D eigenvalue weighted by Gasteiger charge is 2.12. The molecule has 0 aliphatic carbocycles. The molecule has 0 aliphatic rings. The van der Waals surface area contributed by atoms with Crippen molar-refractivity contribution in [1.82, 2.24) is 5.32 Å². The largest absolute Gasteiger partial charge is 0.352 e. The van der Waals surface area contributed by atoms with Crippen LogP contribution < -0.4 is 5.32 Å². The molecule has 18 heavy (non-hydrogen) atoms. The maximum atomic E-state index is 13.0. The van der Waals surface area contributed by atoms with Crippen LogP contribution in [0.4, 0.5) is 4.39 Å². The SMILES string of the molecule is CC(CCNC(=O)c1cc(F)ccc1Br)S(C)=O. The Labute approximate surface area is 117 Å². The molecule has 0 heterocycles. The lowest BCUT2D eigenvalue weighted by Crippen LogP contribution is -2.27. The van der Waals surface area contributed by atoms with Crippen molar-refractivity contribution in [2.75, 3.05) is 12.8 Å². The molecule has 2 atom stereocenters. The van der Waals surface area contributed by atoms with Gasteiger partial charge in [0.05, 0.1) is 5.56 Å². The molecule has 1 rings (SSSR count). The molecule has 0 saturated carbocycles. The van der Waals surface area contributed by atoms with Gasteiger partial charge in [-0.25, -0.2) is 4.39 Å². The van der Waals surface area contributed by atoms with Crippen molar-refractivity contribution in [2.45, 2.75) is 18.6 Å². The molecule has 0 spiro atoms. The number of rotatable bonds is 5. The second-order valence-corrected chi connectivity index (χ2v) is 6.63. The quantitative estimate of drug-likeness (QED) is 0.898. The minimum atomic E-state index is -0.898. The zero-order chi connectivity index (χ0) is 13.7. The molecule has 1 amide bonds. The summed E-state index contributed by atoms with van der Waals surface area (Å²) in [4.78, 5) is 11.8. The Hall–Kier alpha value is -0.750. The van der Waals surface area contributed by atoms with Crippen LogP contribution in [0.2, 0.25) is 0 Å². The number of halogens is 2. The Bertz CT molecular complexity index is 467. The Morgan fingerprint density at radius 2 is 2.22 bits per heavy atom. The Kier molecular flexibility index (Phi) is 5.95. The maximum absolute atomic E-state index is 13.0. The molecular formula is C12H15BrFNO2S. The van der Waals surface area contributed by atoms with Crippen LogP contribution in [0.15, 0.2) is 22.7 Å². The fourth-order valence-electron chi connectivity index (χ4n) is 1.32. The van der Waals surface area contributed by atoms with Crippen molar-refractivity contribution < 1.29 is 13.4 Å². The number of carbonyl (C=O) groups excluding carboxylic acids is 1. The van der Waals surface area contributed by atoms with Gasteiger partial charge in [-0.1, -0.05) is 6.92 Å². The molecule has 2 unspecified atom stereocenters. The first-order valence-electron chi connectivity index (χ1n) is 5.47. The summed E-state index contributed by atoms with van der Waals surface area (Å²) < 4.78 is 24.7. The van der Waals surface area contributed by atoms with E-state index in [-0.39, 0.29) is 16.7 Å². The Balaban J connectivity index is 2.55. The van der Waals surface area contributed by atoms with Crippen molar-refractivity contribution in [3.8, 4) is 0 Å². The number of hydrogen-bond donors (Lipinski definition) is 1. The lowest BCUT2D eigenvalue weighted by molar-refractivity contribution is 0.0952. The van der Waals surface area contributed by atoms with E-state index in [1.54, 1.807) is 6.26 Å². The third kappa shape index (κ3) is 4.49. The zero-order valence-electron chi connectivity index (χ0n) is 10.2. The lowest BCUT2D eigenvalue weighted by Gasteiger charge is -2.10. The first kappa shape index (κ1) is 15.3. The maximum Gasteiger partial charge on any atom is 0.252 e. The van der Waals surface area contributed by atoms with Crippen LogP contribution in [0.1, 0.15) is 23.7 Å². The van der Waals surface area contributed by atoms with E-state index >= 15 is 0 Å². The topological polar surface area (TPSA) is 46.2 Å². The van der Waals surface area contributed by atoms with Crippen LogP contribution in [-0.4, -0.2) is 28.2 Å². The summed E-state index contributed by atoms with van der Waals surface area (Å²) in [6, 6.07) is 3.96. The van der Waals surface area contributed by atoms with E-state index in [0.717, 1.165) is 0 Å². The predicted octanol–water partition coefficient (Wildman–Crippen LogP) is 2.48. The summed E-state index contributed by atoms with van der Waals surface area (Å²) in [5.41, 5.74) is 0.264. The highest BCUT2D eigenvalue weighted by atomic mass is 79.9. The van der Waals surface area contributed by atoms with Gasteiger partial charge in [0.2, 0.25) is 0 Å². The highest BCUT2D eigenvalue weighted by Crippen LogP contribution is 2.17. The average molecular weight is 336 g/mol. The normalized spacial score (nSPS) is 14.0. The van der Waals surface area contributed by atoms with E-state index in [1.165, 1.54) is 18.2 Å². The van der Waals surface area contributed by atoms with E-state index in [0.29, 0.717) is 17.4 Å². The standard InChI is InChI=1S/C12H15BrFNO2S/c1-8(18(2)17)5-6-15-12(16)10-7-9(14)3-4-11(10)13/h3-4,7-8H,5-6H2,1-2H3,(H,15,16). The van der Waals surface area contributed by atoms with Gasteiger partial charge in [-0.2, -0.15) is 0 Å². The molecule has 0 aromatic heterocycles. The number of carbonyl (C=O) groups is 1. The summed E-state index contributed by atoms with van der Waals surface area (Å²) >= 11 is 3.20. The number of hydrogen-bond acceptors (Lipinski definition) is 2. The lowest BCUT2D eigenvalue weighted by atomic mass is 10.2. The molecule has 0 fully saturated rings. The van der Waals surface area contributed by atoms with Crippen molar-refractivity contribution in [1.29, 1.82) is 0 Å². The fraction of sp³-hybridized carbons (Fsp3) is 0.417. The summed E-state index contributed by atoms with van der Waals surface area (Å²) in [5.74, 6) is -0.790. The summed E-state index contributed by atoms with van der Waals surface area (Å²) in [6.45, 7) is 2.28. The Morgan fingerprint density at radius 3 is 2.83 bits per heavy atom. The molecule has 0 bridgehead atoms. The van der Waals surface area contributed by atoms with Crippen LogP contribution >= 0.6 is 15.9 Å². The molecule has 1 N–H and O–H groups in total. The van der Waals surface area contributed by atoms with Gasteiger partial charge < -0.3 is 5.32 Å². The van der Waals surface area contributed by atoms with Crippen LogP contribution in [0.25, 0.3) is 0 Å². The van der Waals surface area contributed by atoms with Gasteiger partial charge in [-0.3, -0.25) is 9.00 Å². The first-order valence-corrected chi connectivity index (χ1v) is 7.88. The van der Waals surface area contributed by atoms with Crippen molar-refractivity contribution in [3.05, 3.63) is 34.1 Å². The van der Waals surface area contributed by atoms with E-state index in [2.05, 4.69) is 21.2 Å².